The van der Waals surface area contributed by atoms with E-state index in [1.54, 1.807) is 0 Å². The first kappa shape index (κ1) is 14.5. The summed E-state index contributed by atoms with van der Waals surface area (Å²) >= 11 is 0.841. The smallest absolute Gasteiger partial charge is 0.691 e. The maximum absolute atomic E-state index is 9.53. The van der Waals surface area contributed by atoms with Gasteiger partial charge in [0.05, 0.1) is 16.9 Å². The van der Waals surface area contributed by atoms with E-state index in [0.717, 1.165) is 29.1 Å². The third kappa shape index (κ3) is 4.35. The van der Waals surface area contributed by atoms with Gasteiger partial charge in [0.2, 0.25) is 0 Å². The molecule has 0 aliphatic carbocycles. The molecule has 1 unspecified atom stereocenters. The van der Waals surface area contributed by atoms with Gasteiger partial charge in [-0.2, -0.15) is 4.33 Å². The molecule has 0 aliphatic rings. The molecule has 14 heavy (non-hydrogen) atoms. The molecule has 1 heterocycles. The number of hydrogen-bond acceptors (Lipinski definition) is 5. The van der Waals surface area contributed by atoms with Crippen molar-refractivity contribution in [1.82, 2.24) is 0 Å². The molecule has 0 saturated carbocycles. The van der Waals surface area contributed by atoms with Crippen molar-refractivity contribution >= 4 is 12.0 Å². The second-order valence-electron chi connectivity index (χ2n) is 2.71. The molecule has 0 amide bonds. The van der Waals surface area contributed by atoms with Crippen LogP contribution in [-0.4, -0.2) is 0 Å². The van der Waals surface area contributed by atoms with Crippen molar-refractivity contribution in [2.45, 2.75) is 31.1 Å². The molecule has 1 aromatic heterocycles. The predicted octanol–water partition coefficient (Wildman–Crippen LogP) is -0.972. The molecule has 0 saturated heterocycles. The first-order valence-corrected chi connectivity index (χ1v) is 4.73. The van der Waals surface area contributed by atoms with E-state index in [4.69, 9.17) is 4.42 Å². The third-order valence-corrected chi connectivity index (χ3v) is 2.38. The fraction of sp³-hybridized carbons (Fsp3) is 0.500. The summed E-state index contributed by atoms with van der Waals surface area (Å²) in [5.74, 6) is 1.27. The quantitative estimate of drug-likeness (QED) is 0.280. The molecule has 1 aromatic rings. The monoisotopic (exact) mass is 226 g/mol. The van der Waals surface area contributed by atoms with Crippen LogP contribution in [0.25, 0.3) is 0 Å². The predicted molar refractivity (Wildman–Crippen MR) is 45.4 cm³/mol. The van der Waals surface area contributed by atoms with Gasteiger partial charge >= 0.3 is 29.6 Å². The Morgan fingerprint density at radius 1 is 1.64 bits per heavy atom. The largest absolute Gasteiger partial charge is 1.00 e. The van der Waals surface area contributed by atoms with Crippen LogP contribution in [0, 0.1) is 0 Å². The first-order chi connectivity index (χ1) is 6.27. The first-order valence-electron chi connectivity index (χ1n) is 3.99. The fourth-order valence-corrected chi connectivity index (χ4v) is 1.25. The Bertz CT molecular complexity index is 253. The van der Waals surface area contributed by atoms with Crippen LogP contribution in [0.5, 0.6) is 0 Å². The fourth-order valence-electron chi connectivity index (χ4n) is 0.891. The number of rotatable bonds is 5. The van der Waals surface area contributed by atoms with Gasteiger partial charge in [0, 0.05) is 5.92 Å². The minimum Gasteiger partial charge on any atom is -0.691 e. The topological polar surface area (TPSA) is 54.7 Å². The summed E-state index contributed by atoms with van der Waals surface area (Å²) in [6.45, 7) is 4.15. The van der Waals surface area contributed by atoms with Crippen LogP contribution >= 0.6 is 12.0 Å². The van der Waals surface area contributed by atoms with Crippen molar-refractivity contribution in [3.05, 3.63) is 18.1 Å². The van der Waals surface area contributed by atoms with E-state index in [-0.39, 0.29) is 29.6 Å². The average molecular weight is 226 g/mol. The zero-order valence-corrected chi connectivity index (χ0v) is 11.3. The van der Waals surface area contributed by atoms with Crippen molar-refractivity contribution < 1.29 is 48.6 Å². The third-order valence-electron chi connectivity index (χ3n) is 1.85. The minimum atomic E-state index is 0. The zero-order chi connectivity index (χ0) is 9.68. The van der Waals surface area contributed by atoms with Crippen LogP contribution in [0.1, 0.15) is 31.9 Å². The molecule has 1 atom stereocenters. The normalized spacial score (nSPS) is 12.2. The maximum Gasteiger partial charge on any atom is 1.00 e. The van der Waals surface area contributed by atoms with Gasteiger partial charge in [0.25, 0.3) is 0 Å². The Morgan fingerprint density at radius 3 is 2.93 bits per heavy atom. The van der Waals surface area contributed by atoms with E-state index in [1.165, 1.54) is 6.26 Å². The summed E-state index contributed by atoms with van der Waals surface area (Å²) in [6, 6.07) is 1.83. The molecule has 74 valence electrons. The van der Waals surface area contributed by atoms with Gasteiger partial charge in [-0.15, -0.1) is 0 Å². The molecule has 0 aromatic carbocycles. The SMILES string of the molecule is CCC(C)c1cc(SOO[O-])co1.[Na+]. The Hall–Kier alpha value is 0.510. The molecule has 0 N–H and O–H groups in total. The van der Waals surface area contributed by atoms with E-state index in [2.05, 4.69) is 23.2 Å². The second kappa shape index (κ2) is 7.76. The van der Waals surface area contributed by atoms with Gasteiger partial charge in [0.15, 0.2) is 0 Å². The molecule has 0 aliphatic heterocycles. The summed E-state index contributed by atoms with van der Waals surface area (Å²) in [5.41, 5.74) is 0. The van der Waals surface area contributed by atoms with Crippen molar-refractivity contribution in [2.75, 3.05) is 0 Å². The van der Waals surface area contributed by atoms with Crippen molar-refractivity contribution in [2.24, 2.45) is 0 Å². The van der Waals surface area contributed by atoms with Crippen LogP contribution in [-0.2, 0) is 9.37 Å². The zero-order valence-electron chi connectivity index (χ0n) is 8.48. The molecule has 0 fully saturated rings. The average Bonchev–Trinajstić information content (AvgIpc) is 2.62. The van der Waals surface area contributed by atoms with Crippen molar-refractivity contribution in [3.63, 3.8) is 0 Å². The Balaban J connectivity index is 0.00000169. The van der Waals surface area contributed by atoms with Gasteiger partial charge in [0.1, 0.15) is 12.0 Å². The standard InChI is InChI=1S/C8H12O4S.Na/c1-3-6(2)8-4-7(5-10-8)13-12-11-9;/h4-6,9H,3H2,1-2H3;/q;+1/p-1. The Labute approximate surface area is 109 Å². The number of hydrogen-bond donors (Lipinski definition) is 0. The van der Waals surface area contributed by atoms with Crippen molar-refractivity contribution in [3.8, 4) is 0 Å². The van der Waals surface area contributed by atoms with Crippen LogP contribution in [0.15, 0.2) is 21.6 Å². The van der Waals surface area contributed by atoms with Gasteiger partial charge in [-0.3, -0.25) is 5.04 Å². The molecular formula is C8H11NaO4S. The summed E-state index contributed by atoms with van der Waals surface area (Å²) in [7, 11) is 0. The van der Waals surface area contributed by atoms with Crippen molar-refractivity contribution in [1.29, 1.82) is 0 Å². The molecule has 0 spiro atoms. The van der Waals surface area contributed by atoms with Gasteiger partial charge in [-0.25, -0.2) is 0 Å². The van der Waals surface area contributed by atoms with Crippen LogP contribution in [0.4, 0.5) is 0 Å². The Morgan fingerprint density at radius 2 is 2.36 bits per heavy atom. The Kier molecular flexibility index (Phi) is 8.04. The van der Waals surface area contributed by atoms with Gasteiger partial charge in [-0.1, -0.05) is 13.8 Å². The summed E-state index contributed by atoms with van der Waals surface area (Å²) in [4.78, 5) is 0.728. The number of furan rings is 1. The summed E-state index contributed by atoms with van der Waals surface area (Å²) in [6.07, 6.45) is 2.54. The van der Waals surface area contributed by atoms with Crippen LogP contribution in [0.2, 0.25) is 0 Å². The van der Waals surface area contributed by atoms with E-state index in [1.807, 2.05) is 6.07 Å². The van der Waals surface area contributed by atoms with E-state index in [0.29, 0.717) is 5.92 Å². The summed E-state index contributed by atoms with van der Waals surface area (Å²) in [5, 5.41) is 12.7. The van der Waals surface area contributed by atoms with Crippen LogP contribution < -0.4 is 34.8 Å². The maximum atomic E-state index is 9.53. The molecule has 1 rings (SSSR count). The minimum absolute atomic E-state index is 0. The molecule has 4 nitrogen and oxygen atoms in total. The molecule has 6 heteroatoms. The second-order valence-corrected chi connectivity index (χ2v) is 3.49. The molecule has 0 bridgehead atoms. The summed E-state index contributed by atoms with van der Waals surface area (Å²) < 4.78 is 9.40. The van der Waals surface area contributed by atoms with E-state index >= 15 is 0 Å². The molecular weight excluding hydrogens is 215 g/mol. The molecule has 0 radical (unpaired) electrons. The van der Waals surface area contributed by atoms with Crippen LogP contribution in [0.3, 0.4) is 0 Å². The van der Waals surface area contributed by atoms with E-state index < -0.39 is 0 Å². The van der Waals surface area contributed by atoms with Gasteiger partial charge in [-0.05, 0) is 12.5 Å². The van der Waals surface area contributed by atoms with E-state index in [9.17, 15) is 5.26 Å². The van der Waals surface area contributed by atoms with Gasteiger partial charge < -0.3 is 9.67 Å².